The summed E-state index contributed by atoms with van der Waals surface area (Å²) in [7, 11) is 0. The molecule has 1 aliphatic rings. The number of amides is 2. The van der Waals surface area contributed by atoms with Crippen molar-refractivity contribution < 1.29 is 14.3 Å². The Morgan fingerprint density at radius 1 is 1.35 bits per heavy atom. The summed E-state index contributed by atoms with van der Waals surface area (Å²) in [6.45, 7) is 5.36. The molecule has 5 nitrogen and oxygen atoms in total. The van der Waals surface area contributed by atoms with E-state index < -0.39 is 0 Å². The van der Waals surface area contributed by atoms with Crippen molar-refractivity contribution in [2.75, 3.05) is 19.7 Å². The Morgan fingerprint density at radius 2 is 2.12 bits per heavy atom. The van der Waals surface area contributed by atoms with Crippen LogP contribution in [0.5, 0.6) is 0 Å². The minimum atomic E-state index is -0.227. The van der Waals surface area contributed by atoms with Crippen molar-refractivity contribution in [2.45, 2.75) is 45.6 Å². The molecule has 1 N–H and O–H groups in total. The molecule has 0 aromatic heterocycles. The van der Waals surface area contributed by atoms with Crippen LogP contribution in [0.4, 0.5) is 4.79 Å². The van der Waals surface area contributed by atoms with Crippen molar-refractivity contribution in [3.63, 3.8) is 0 Å². The Hall–Kier alpha value is -1.26. The van der Waals surface area contributed by atoms with E-state index >= 15 is 0 Å². The van der Waals surface area contributed by atoms with Gasteiger partial charge in [-0.25, -0.2) is 4.79 Å². The lowest BCUT2D eigenvalue weighted by Gasteiger charge is -2.20. The van der Waals surface area contributed by atoms with E-state index in [2.05, 4.69) is 5.32 Å². The highest BCUT2D eigenvalue weighted by Gasteiger charge is 2.21. The van der Waals surface area contributed by atoms with E-state index in [9.17, 15) is 9.59 Å². The van der Waals surface area contributed by atoms with E-state index in [0.717, 1.165) is 32.2 Å². The number of carbonyl (C=O) groups is 2. The van der Waals surface area contributed by atoms with Gasteiger partial charge in [-0.05, 0) is 25.7 Å². The lowest BCUT2D eigenvalue weighted by atomic mass is 10.1. The van der Waals surface area contributed by atoms with Gasteiger partial charge in [-0.3, -0.25) is 4.79 Å². The van der Waals surface area contributed by atoms with E-state index in [1.807, 2.05) is 6.92 Å². The van der Waals surface area contributed by atoms with Crippen LogP contribution < -0.4 is 5.32 Å². The number of nitrogens with zero attached hydrogens (tertiary/aromatic N) is 1. The second-order valence-electron chi connectivity index (χ2n) is 4.43. The molecule has 17 heavy (non-hydrogen) atoms. The summed E-state index contributed by atoms with van der Waals surface area (Å²) in [5.74, 6) is -0.00277. The number of carbonyl (C=O) groups excluding carboxylic acids is 2. The zero-order chi connectivity index (χ0) is 12.7. The highest BCUT2D eigenvalue weighted by Crippen LogP contribution is 2.12. The Labute approximate surface area is 102 Å². The van der Waals surface area contributed by atoms with Gasteiger partial charge in [0.2, 0.25) is 5.91 Å². The number of rotatable bonds is 3. The topological polar surface area (TPSA) is 58.6 Å². The maximum Gasteiger partial charge on any atom is 0.409 e. The van der Waals surface area contributed by atoms with Crippen molar-refractivity contribution >= 4 is 12.0 Å². The van der Waals surface area contributed by atoms with E-state index in [1.165, 1.54) is 6.92 Å². The zero-order valence-corrected chi connectivity index (χ0v) is 10.7. The van der Waals surface area contributed by atoms with E-state index in [-0.39, 0.29) is 18.0 Å². The van der Waals surface area contributed by atoms with Gasteiger partial charge < -0.3 is 15.0 Å². The summed E-state index contributed by atoms with van der Waals surface area (Å²) in [6, 6.07) is 0.191. The minimum Gasteiger partial charge on any atom is -0.449 e. The molecule has 0 aromatic rings. The molecule has 1 rings (SSSR count). The first-order chi connectivity index (χ1) is 8.13. The fourth-order valence-electron chi connectivity index (χ4n) is 1.99. The molecule has 1 heterocycles. The Bertz CT molecular complexity index is 268. The number of hydrogen-bond donors (Lipinski definition) is 1. The SMILES string of the molecule is CCCOC(=O)N1CCCC(NC(C)=O)CC1. The molecule has 0 aromatic carbocycles. The van der Waals surface area contributed by atoms with Gasteiger partial charge in [0.15, 0.2) is 0 Å². The molecule has 0 radical (unpaired) electrons. The Kier molecular flexibility index (Phi) is 5.80. The van der Waals surface area contributed by atoms with Gasteiger partial charge in [0, 0.05) is 26.1 Å². The van der Waals surface area contributed by atoms with Gasteiger partial charge >= 0.3 is 6.09 Å². The lowest BCUT2D eigenvalue weighted by molar-refractivity contribution is -0.119. The summed E-state index contributed by atoms with van der Waals surface area (Å²) < 4.78 is 5.10. The van der Waals surface area contributed by atoms with Crippen LogP contribution in [0.15, 0.2) is 0 Å². The third-order valence-electron chi connectivity index (χ3n) is 2.82. The molecule has 1 atom stereocenters. The third-order valence-corrected chi connectivity index (χ3v) is 2.82. The van der Waals surface area contributed by atoms with Gasteiger partial charge in [0.1, 0.15) is 0 Å². The fourth-order valence-corrected chi connectivity index (χ4v) is 1.99. The van der Waals surface area contributed by atoms with Crippen LogP contribution >= 0.6 is 0 Å². The van der Waals surface area contributed by atoms with Crippen molar-refractivity contribution in [3.8, 4) is 0 Å². The van der Waals surface area contributed by atoms with E-state index in [0.29, 0.717) is 13.2 Å². The monoisotopic (exact) mass is 242 g/mol. The largest absolute Gasteiger partial charge is 0.449 e. The van der Waals surface area contributed by atoms with Gasteiger partial charge in [-0.15, -0.1) is 0 Å². The standard InChI is InChI=1S/C12H22N2O3/c1-3-9-17-12(16)14-7-4-5-11(6-8-14)13-10(2)15/h11H,3-9H2,1-2H3,(H,13,15). The fraction of sp³-hybridized carbons (Fsp3) is 0.833. The smallest absolute Gasteiger partial charge is 0.409 e. The predicted octanol–water partition coefficient (Wildman–Crippen LogP) is 1.52. The molecule has 0 spiro atoms. The van der Waals surface area contributed by atoms with Crippen LogP contribution in [0.1, 0.15) is 39.5 Å². The summed E-state index contributed by atoms with van der Waals surface area (Å²) in [4.78, 5) is 24.4. The lowest BCUT2D eigenvalue weighted by Crippen LogP contribution is -2.36. The predicted molar refractivity (Wildman–Crippen MR) is 64.7 cm³/mol. The second kappa shape index (κ2) is 7.14. The van der Waals surface area contributed by atoms with Crippen LogP contribution in [-0.4, -0.2) is 42.6 Å². The first-order valence-electron chi connectivity index (χ1n) is 6.32. The second-order valence-corrected chi connectivity index (χ2v) is 4.43. The Morgan fingerprint density at radius 3 is 2.76 bits per heavy atom. The first-order valence-corrected chi connectivity index (χ1v) is 6.32. The molecule has 1 unspecified atom stereocenters. The molecule has 1 aliphatic heterocycles. The maximum atomic E-state index is 11.7. The van der Waals surface area contributed by atoms with Gasteiger partial charge in [0.05, 0.1) is 6.61 Å². The molecule has 1 fully saturated rings. The summed E-state index contributed by atoms with van der Waals surface area (Å²) >= 11 is 0. The van der Waals surface area contributed by atoms with Crippen LogP contribution in [0, 0.1) is 0 Å². The van der Waals surface area contributed by atoms with Crippen molar-refractivity contribution in [1.82, 2.24) is 10.2 Å². The minimum absolute atomic E-state index is 0.00277. The van der Waals surface area contributed by atoms with Crippen LogP contribution in [0.25, 0.3) is 0 Å². The third kappa shape index (κ3) is 5.06. The quantitative estimate of drug-likeness (QED) is 0.816. The van der Waals surface area contributed by atoms with Crippen LogP contribution in [-0.2, 0) is 9.53 Å². The number of nitrogens with one attached hydrogen (secondary N) is 1. The van der Waals surface area contributed by atoms with Gasteiger partial charge in [-0.2, -0.15) is 0 Å². The maximum absolute atomic E-state index is 11.7. The van der Waals surface area contributed by atoms with E-state index in [1.54, 1.807) is 4.90 Å². The highest BCUT2D eigenvalue weighted by atomic mass is 16.6. The summed E-state index contributed by atoms with van der Waals surface area (Å²) in [5.41, 5.74) is 0. The van der Waals surface area contributed by atoms with E-state index in [4.69, 9.17) is 4.74 Å². The first kappa shape index (κ1) is 13.8. The van der Waals surface area contributed by atoms with Crippen LogP contribution in [0.3, 0.4) is 0 Å². The van der Waals surface area contributed by atoms with Gasteiger partial charge in [-0.1, -0.05) is 6.92 Å². The highest BCUT2D eigenvalue weighted by molar-refractivity contribution is 5.73. The molecular weight excluding hydrogens is 220 g/mol. The molecular formula is C12H22N2O3. The number of ether oxygens (including phenoxy) is 1. The molecule has 0 saturated carbocycles. The van der Waals surface area contributed by atoms with Crippen molar-refractivity contribution in [3.05, 3.63) is 0 Å². The normalized spacial score (nSPS) is 20.6. The molecule has 2 amide bonds. The molecule has 5 heteroatoms. The average Bonchev–Trinajstić information content (AvgIpc) is 2.51. The number of hydrogen-bond acceptors (Lipinski definition) is 3. The summed E-state index contributed by atoms with van der Waals surface area (Å²) in [5, 5.41) is 2.91. The van der Waals surface area contributed by atoms with Crippen LogP contribution in [0.2, 0.25) is 0 Å². The average molecular weight is 242 g/mol. The number of likely N-dealkylation sites (tertiary alicyclic amines) is 1. The van der Waals surface area contributed by atoms with Crippen molar-refractivity contribution in [1.29, 1.82) is 0 Å². The van der Waals surface area contributed by atoms with Gasteiger partial charge in [0.25, 0.3) is 0 Å². The summed E-state index contributed by atoms with van der Waals surface area (Å²) in [6.07, 6.45) is 3.26. The molecule has 0 bridgehead atoms. The van der Waals surface area contributed by atoms with Crippen molar-refractivity contribution in [2.24, 2.45) is 0 Å². The Balaban J connectivity index is 2.36. The molecule has 98 valence electrons. The molecule has 1 saturated heterocycles. The zero-order valence-electron chi connectivity index (χ0n) is 10.7. The molecule has 0 aliphatic carbocycles.